The molecule has 0 bridgehead atoms. The van der Waals surface area contributed by atoms with Crippen molar-refractivity contribution >= 4 is 21.6 Å². The van der Waals surface area contributed by atoms with Crippen LogP contribution >= 0.6 is 15.9 Å². The van der Waals surface area contributed by atoms with E-state index < -0.39 is 0 Å². The Morgan fingerprint density at radius 2 is 2.00 bits per heavy atom. The molecule has 1 atom stereocenters. The average molecular weight is 358 g/mol. The minimum absolute atomic E-state index is 0.638. The van der Waals surface area contributed by atoms with E-state index in [4.69, 9.17) is 0 Å². The molecule has 3 nitrogen and oxygen atoms in total. The highest BCUT2D eigenvalue weighted by molar-refractivity contribution is 9.10. The Hall–Kier alpha value is -1.39. The predicted molar refractivity (Wildman–Crippen MR) is 93.1 cm³/mol. The van der Waals surface area contributed by atoms with Gasteiger partial charge in [0.25, 0.3) is 0 Å². The SMILES string of the molecule is Brc1nccc2c1CC[C@@H]1CN(Cc3ccccc3)CCN21. The summed E-state index contributed by atoms with van der Waals surface area (Å²) < 4.78 is 1.02. The van der Waals surface area contributed by atoms with Crippen LogP contribution in [-0.2, 0) is 13.0 Å². The topological polar surface area (TPSA) is 19.4 Å². The quantitative estimate of drug-likeness (QED) is 0.767. The zero-order valence-electron chi connectivity index (χ0n) is 12.6. The van der Waals surface area contributed by atoms with Gasteiger partial charge in [0.15, 0.2) is 0 Å². The van der Waals surface area contributed by atoms with Gasteiger partial charge in [-0.2, -0.15) is 0 Å². The molecule has 4 heteroatoms. The Bertz CT molecular complexity index is 659. The van der Waals surface area contributed by atoms with Crippen molar-refractivity contribution in [3.63, 3.8) is 0 Å². The fourth-order valence-corrected chi connectivity index (χ4v) is 4.26. The smallest absolute Gasteiger partial charge is 0.111 e. The van der Waals surface area contributed by atoms with Gasteiger partial charge in [0.05, 0.1) is 0 Å². The number of pyridine rings is 1. The van der Waals surface area contributed by atoms with Crippen LogP contribution in [0.1, 0.15) is 17.5 Å². The maximum atomic E-state index is 4.38. The fraction of sp³-hybridized carbons (Fsp3) is 0.389. The van der Waals surface area contributed by atoms with Gasteiger partial charge in [0, 0.05) is 49.7 Å². The Balaban J connectivity index is 1.50. The molecule has 4 rings (SSSR count). The van der Waals surface area contributed by atoms with Gasteiger partial charge in [-0.1, -0.05) is 30.3 Å². The first-order valence-electron chi connectivity index (χ1n) is 7.97. The highest BCUT2D eigenvalue weighted by Crippen LogP contribution is 2.35. The molecule has 0 saturated carbocycles. The third-order valence-corrected chi connectivity index (χ3v) is 5.51. The molecule has 114 valence electrons. The highest BCUT2D eigenvalue weighted by atomic mass is 79.9. The van der Waals surface area contributed by atoms with Crippen LogP contribution in [0.3, 0.4) is 0 Å². The second-order valence-electron chi connectivity index (χ2n) is 6.21. The normalized spacial score (nSPS) is 21.3. The monoisotopic (exact) mass is 357 g/mol. The van der Waals surface area contributed by atoms with Gasteiger partial charge in [-0.05, 0) is 40.4 Å². The van der Waals surface area contributed by atoms with Crippen molar-refractivity contribution in [1.82, 2.24) is 9.88 Å². The lowest BCUT2D eigenvalue weighted by molar-refractivity contribution is 0.206. The van der Waals surface area contributed by atoms with Crippen molar-refractivity contribution in [1.29, 1.82) is 0 Å². The van der Waals surface area contributed by atoms with Crippen LogP contribution in [0.5, 0.6) is 0 Å². The summed E-state index contributed by atoms with van der Waals surface area (Å²) >= 11 is 3.61. The lowest BCUT2D eigenvalue weighted by Crippen LogP contribution is -2.54. The zero-order chi connectivity index (χ0) is 14.9. The molecule has 0 unspecified atom stereocenters. The molecule has 22 heavy (non-hydrogen) atoms. The van der Waals surface area contributed by atoms with E-state index in [2.05, 4.69) is 67.1 Å². The summed E-state index contributed by atoms with van der Waals surface area (Å²) in [7, 11) is 0. The first-order valence-corrected chi connectivity index (χ1v) is 8.77. The molecular weight excluding hydrogens is 338 g/mol. The second-order valence-corrected chi connectivity index (χ2v) is 6.96. The summed E-state index contributed by atoms with van der Waals surface area (Å²) in [6.45, 7) is 4.47. The molecule has 2 aliphatic heterocycles. The third kappa shape index (κ3) is 2.66. The van der Waals surface area contributed by atoms with E-state index in [0.29, 0.717) is 6.04 Å². The van der Waals surface area contributed by atoms with Crippen LogP contribution in [-0.4, -0.2) is 35.6 Å². The number of hydrogen-bond donors (Lipinski definition) is 0. The summed E-state index contributed by atoms with van der Waals surface area (Å²) in [6.07, 6.45) is 4.27. The van der Waals surface area contributed by atoms with E-state index in [1.165, 1.54) is 23.2 Å². The number of piperazine rings is 1. The van der Waals surface area contributed by atoms with Gasteiger partial charge in [-0.3, -0.25) is 4.90 Å². The minimum atomic E-state index is 0.638. The number of hydrogen-bond acceptors (Lipinski definition) is 3. The molecular formula is C18H20BrN3. The Kier molecular flexibility index (Phi) is 3.89. The lowest BCUT2D eigenvalue weighted by atomic mass is 9.95. The van der Waals surface area contributed by atoms with E-state index >= 15 is 0 Å². The Morgan fingerprint density at radius 3 is 2.86 bits per heavy atom. The maximum Gasteiger partial charge on any atom is 0.111 e. The van der Waals surface area contributed by atoms with Gasteiger partial charge >= 0.3 is 0 Å². The van der Waals surface area contributed by atoms with E-state index in [1.807, 2.05) is 6.20 Å². The molecule has 1 aromatic carbocycles. The molecule has 0 N–H and O–H groups in total. The average Bonchev–Trinajstić information content (AvgIpc) is 2.56. The molecule has 0 aliphatic carbocycles. The molecule has 2 aliphatic rings. The lowest BCUT2D eigenvalue weighted by Gasteiger charge is -2.46. The van der Waals surface area contributed by atoms with E-state index in [0.717, 1.165) is 37.2 Å². The van der Waals surface area contributed by atoms with Crippen molar-refractivity contribution in [2.45, 2.75) is 25.4 Å². The van der Waals surface area contributed by atoms with E-state index in [9.17, 15) is 0 Å². The van der Waals surface area contributed by atoms with Crippen molar-refractivity contribution in [3.05, 3.63) is 58.3 Å². The molecule has 2 aromatic rings. The van der Waals surface area contributed by atoms with Crippen LogP contribution in [0.2, 0.25) is 0 Å². The van der Waals surface area contributed by atoms with Crippen LogP contribution in [0, 0.1) is 0 Å². The van der Waals surface area contributed by atoms with Crippen LogP contribution in [0.25, 0.3) is 0 Å². The van der Waals surface area contributed by atoms with Crippen molar-refractivity contribution in [2.24, 2.45) is 0 Å². The first-order chi connectivity index (χ1) is 10.8. The van der Waals surface area contributed by atoms with Gasteiger partial charge in [-0.25, -0.2) is 4.98 Å². The predicted octanol–water partition coefficient (Wildman–Crippen LogP) is 3.48. The molecule has 0 amide bonds. The third-order valence-electron chi connectivity index (χ3n) is 4.83. The van der Waals surface area contributed by atoms with Crippen molar-refractivity contribution in [2.75, 3.05) is 24.5 Å². The molecule has 1 saturated heterocycles. The fourth-order valence-electron chi connectivity index (χ4n) is 3.74. The van der Waals surface area contributed by atoms with Crippen LogP contribution in [0.15, 0.2) is 47.2 Å². The number of aromatic nitrogens is 1. The standard InChI is InChI=1S/C18H20BrN3/c19-18-16-7-6-15-13-21(12-14-4-2-1-3-5-14)10-11-22(15)17(16)8-9-20-18/h1-5,8-9,15H,6-7,10-13H2/t15-/m1/s1. The number of anilines is 1. The Labute approximate surface area is 140 Å². The summed E-state index contributed by atoms with van der Waals surface area (Å²) in [6, 6.07) is 13.6. The summed E-state index contributed by atoms with van der Waals surface area (Å²) in [5.41, 5.74) is 4.19. The van der Waals surface area contributed by atoms with E-state index in [-0.39, 0.29) is 0 Å². The summed E-state index contributed by atoms with van der Waals surface area (Å²) in [4.78, 5) is 9.57. The van der Waals surface area contributed by atoms with Crippen LogP contribution < -0.4 is 4.90 Å². The minimum Gasteiger partial charge on any atom is -0.366 e. The number of nitrogens with zero attached hydrogens (tertiary/aromatic N) is 3. The van der Waals surface area contributed by atoms with Crippen molar-refractivity contribution in [3.8, 4) is 0 Å². The van der Waals surface area contributed by atoms with Crippen LogP contribution in [0.4, 0.5) is 5.69 Å². The number of rotatable bonds is 2. The Morgan fingerprint density at radius 1 is 1.14 bits per heavy atom. The molecule has 1 fully saturated rings. The second kappa shape index (κ2) is 6.01. The maximum absolute atomic E-state index is 4.38. The van der Waals surface area contributed by atoms with Gasteiger partial charge in [-0.15, -0.1) is 0 Å². The van der Waals surface area contributed by atoms with Gasteiger partial charge < -0.3 is 4.90 Å². The van der Waals surface area contributed by atoms with Gasteiger partial charge in [0.2, 0.25) is 0 Å². The first kappa shape index (κ1) is 14.2. The number of halogens is 1. The number of fused-ring (bicyclic) bond motifs is 3. The highest BCUT2D eigenvalue weighted by Gasteiger charge is 2.32. The molecule has 0 radical (unpaired) electrons. The van der Waals surface area contributed by atoms with Crippen molar-refractivity contribution < 1.29 is 0 Å². The summed E-state index contributed by atoms with van der Waals surface area (Å²) in [5, 5.41) is 0. The number of benzene rings is 1. The molecule has 3 heterocycles. The molecule has 1 aromatic heterocycles. The van der Waals surface area contributed by atoms with E-state index in [1.54, 1.807) is 0 Å². The zero-order valence-corrected chi connectivity index (χ0v) is 14.2. The summed E-state index contributed by atoms with van der Waals surface area (Å²) in [5.74, 6) is 0. The molecule has 0 spiro atoms. The van der Waals surface area contributed by atoms with Gasteiger partial charge in [0.1, 0.15) is 4.60 Å². The largest absolute Gasteiger partial charge is 0.366 e.